The van der Waals surface area contributed by atoms with Crippen molar-refractivity contribution in [3.63, 3.8) is 0 Å². The Morgan fingerprint density at radius 3 is 2.78 bits per heavy atom. The van der Waals surface area contributed by atoms with E-state index < -0.39 is 0 Å². The van der Waals surface area contributed by atoms with E-state index in [2.05, 4.69) is 6.58 Å². The van der Waals surface area contributed by atoms with Gasteiger partial charge in [-0.15, -0.1) is 0 Å². The zero-order valence-electron chi connectivity index (χ0n) is 5.17. The quantitative estimate of drug-likeness (QED) is 0.439. The molecule has 0 aliphatic heterocycles. The first-order valence-corrected chi connectivity index (χ1v) is 2.57. The van der Waals surface area contributed by atoms with Crippen LogP contribution < -0.4 is 0 Å². The molecule has 0 bridgehead atoms. The maximum absolute atomic E-state index is 8.18. The van der Waals surface area contributed by atoms with E-state index in [9.17, 15) is 0 Å². The lowest BCUT2D eigenvalue weighted by Gasteiger charge is -2.10. The third-order valence-corrected chi connectivity index (χ3v) is 0.858. The van der Waals surface area contributed by atoms with Gasteiger partial charge in [-0.05, 0) is 6.20 Å². The van der Waals surface area contributed by atoms with Crippen molar-refractivity contribution in [2.45, 2.75) is 0 Å². The molecule has 3 heteroatoms. The molecule has 0 radical (unpaired) electrons. The lowest BCUT2D eigenvalue weighted by Crippen LogP contribution is -2.18. The van der Waals surface area contributed by atoms with Crippen molar-refractivity contribution in [3.8, 4) is 6.07 Å². The number of hydrogen-bond donors (Lipinski definition) is 1. The van der Waals surface area contributed by atoms with E-state index in [0.717, 1.165) is 0 Å². The van der Waals surface area contributed by atoms with Crippen LogP contribution in [0.25, 0.3) is 0 Å². The van der Waals surface area contributed by atoms with Gasteiger partial charge in [0.2, 0.25) is 0 Å². The first kappa shape index (κ1) is 7.70. The highest BCUT2D eigenvalue weighted by atomic mass is 15.1. The summed E-state index contributed by atoms with van der Waals surface area (Å²) in [6.07, 6.45) is 2.78. The fourth-order valence-electron chi connectivity index (χ4n) is 0.412. The zero-order chi connectivity index (χ0) is 7.11. The highest BCUT2D eigenvalue weighted by molar-refractivity contribution is 5.55. The van der Waals surface area contributed by atoms with Crippen molar-refractivity contribution in [1.29, 1.82) is 10.7 Å². The van der Waals surface area contributed by atoms with Gasteiger partial charge in [0.1, 0.15) is 6.54 Å². The average molecular weight is 123 g/mol. The van der Waals surface area contributed by atoms with E-state index in [-0.39, 0.29) is 0 Å². The number of nitrogens with zero attached hydrogens (tertiary/aromatic N) is 2. The van der Waals surface area contributed by atoms with Crippen LogP contribution >= 0.6 is 0 Å². The summed E-state index contributed by atoms with van der Waals surface area (Å²) in [7, 11) is 0. The molecule has 0 saturated carbocycles. The van der Waals surface area contributed by atoms with Crippen molar-refractivity contribution >= 4 is 6.21 Å². The fraction of sp³-hybridized carbons (Fsp3) is 0.333. The van der Waals surface area contributed by atoms with Crippen LogP contribution in [-0.4, -0.2) is 24.2 Å². The minimum atomic E-state index is 0.304. The predicted octanol–water partition coefficient (Wildman–Crippen LogP) is 0.605. The molecule has 0 aliphatic carbocycles. The Morgan fingerprint density at radius 2 is 2.44 bits per heavy atom. The maximum atomic E-state index is 8.18. The van der Waals surface area contributed by atoms with Crippen molar-refractivity contribution < 1.29 is 0 Å². The molecular weight excluding hydrogens is 114 g/mol. The number of nitrogens with one attached hydrogen (secondary N) is 1. The van der Waals surface area contributed by atoms with Crippen LogP contribution in [0, 0.1) is 16.7 Å². The molecular formula is C6H9N3. The summed E-state index contributed by atoms with van der Waals surface area (Å²) >= 11 is 0. The van der Waals surface area contributed by atoms with E-state index in [4.69, 9.17) is 10.7 Å². The summed E-state index contributed by atoms with van der Waals surface area (Å²) in [4.78, 5) is 1.65. The van der Waals surface area contributed by atoms with Gasteiger partial charge >= 0.3 is 0 Å². The van der Waals surface area contributed by atoms with Crippen LogP contribution in [0.3, 0.4) is 0 Å². The monoisotopic (exact) mass is 123 g/mol. The van der Waals surface area contributed by atoms with E-state index in [1.807, 2.05) is 6.07 Å². The maximum Gasteiger partial charge on any atom is 0.105 e. The second-order valence-electron chi connectivity index (χ2n) is 1.47. The summed E-state index contributed by atoms with van der Waals surface area (Å²) in [6, 6.07) is 1.95. The first-order chi connectivity index (χ1) is 4.35. The zero-order valence-corrected chi connectivity index (χ0v) is 5.17. The molecule has 0 unspecified atom stereocenters. The van der Waals surface area contributed by atoms with E-state index in [1.165, 1.54) is 6.21 Å². The van der Waals surface area contributed by atoms with E-state index in [1.54, 1.807) is 11.1 Å². The van der Waals surface area contributed by atoms with Crippen LogP contribution in [0.15, 0.2) is 12.8 Å². The highest BCUT2D eigenvalue weighted by Crippen LogP contribution is 1.82. The van der Waals surface area contributed by atoms with E-state index in [0.29, 0.717) is 13.1 Å². The van der Waals surface area contributed by atoms with Crippen LogP contribution in [0.5, 0.6) is 0 Å². The van der Waals surface area contributed by atoms with Gasteiger partial charge < -0.3 is 10.3 Å². The van der Waals surface area contributed by atoms with Crippen LogP contribution in [-0.2, 0) is 0 Å². The smallest absolute Gasteiger partial charge is 0.105 e. The molecule has 0 aliphatic rings. The molecule has 1 N–H and O–H groups in total. The molecule has 3 nitrogen and oxygen atoms in total. The minimum absolute atomic E-state index is 0.304. The molecule has 0 aromatic heterocycles. The summed E-state index contributed by atoms with van der Waals surface area (Å²) in [5.74, 6) is 0. The van der Waals surface area contributed by atoms with Gasteiger partial charge in [0, 0.05) is 6.21 Å². The second kappa shape index (κ2) is 4.85. The third kappa shape index (κ3) is 3.30. The highest BCUT2D eigenvalue weighted by Gasteiger charge is 1.90. The molecule has 0 aromatic rings. The number of nitriles is 1. The lowest BCUT2D eigenvalue weighted by atomic mass is 10.5. The molecule has 0 fully saturated rings. The summed E-state index contributed by atoms with van der Waals surface area (Å²) in [5, 5.41) is 14.9. The van der Waals surface area contributed by atoms with Gasteiger partial charge in [-0.2, -0.15) is 5.26 Å². The SMILES string of the molecule is C=CN(CC#N)CC=N. The van der Waals surface area contributed by atoms with Crippen LogP contribution in [0.2, 0.25) is 0 Å². The Kier molecular flexibility index (Phi) is 4.15. The topological polar surface area (TPSA) is 50.9 Å². The Labute approximate surface area is 54.7 Å². The predicted molar refractivity (Wildman–Crippen MR) is 36.2 cm³/mol. The van der Waals surface area contributed by atoms with Crippen LogP contribution in [0.1, 0.15) is 0 Å². The van der Waals surface area contributed by atoms with E-state index >= 15 is 0 Å². The molecule has 48 valence electrons. The third-order valence-electron chi connectivity index (χ3n) is 0.858. The Balaban J connectivity index is 3.56. The molecule has 0 aromatic carbocycles. The Hall–Kier alpha value is -1.30. The minimum Gasteiger partial charge on any atom is -0.360 e. The van der Waals surface area contributed by atoms with Gasteiger partial charge in [0.15, 0.2) is 0 Å². The standard InChI is InChI=1S/C6H9N3/c1-2-9(5-3-7)6-4-8/h2-3,7H,1,5-6H2. The normalized spacial score (nSPS) is 7.44. The molecule has 0 rings (SSSR count). The summed E-state index contributed by atoms with van der Waals surface area (Å²) in [5.41, 5.74) is 0. The van der Waals surface area contributed by atoms with Crippen LogP contribution in [0.4, 0.5) is 0 Å². The van der Waals surface area contributed by atoms with Gasteiger partial charge in [-0.1, -0.05) is 6.58 Å². The molecule has 9 heavy (non-hydrogen) atoms. The fourth-order valence-corrected chi connectivity index (χ4v) is 0.412. The van der Waals surface area contributed by atoms with Gasteiger partial charge in [0.05, 0.1) is 12.6 Å². The Bertz CT molecular complexity index is 134. The van der Waals surface area contributed by atoms with Gasteiger partial charge in [0.25, 0.3) is 0 Å². The second-order valence-corrected chi connectivity index (χ2v) is 1.47. The Morgan fingerprint density at radius 1 is 1.78 bits per heavy atom. The molecule has 0 amide bonds. The molecule has 0 heterocycles. The van der Waals surface area contributed by atoms with Crippen molar-refractivity contribution in [1.82, 2.24) is 4.90 Å². The first-order valence-electron chi connectivity index (χ1n) is 2.57. The number of rotatable bonds is 4. The average Bonchev–Trinajstić information content (AvgIpc) is 1.88. The number of hydrogen-bond acceptors (Lipinski definition) is 3. The summed E-state index contributed by atoms with van der Waals surface area (Å²) < 4.78 is 0. The molecule has 0 saturated heterocycles. The van der Waals surface area contributed by atoms with Crippen molar-refractivity contribution in [3.05, 3.63) is 12.8 Å². The van der Waals surface area contributed by atoms with Gasteiger partial charge in [-0.3, -0.25) is 0 Å². The van der Waals surface area contributed by atoms with Crippen molar-refractivity contribution in [2.75, 3.05) is 13.1 Å². The van der Waals surface area contributed by atoms with Crippen molar-refractivity contribution in [2.24, 2.45) is 0 Å². The lowest BCUT2D eigenvalue weighted by molar-refractivity contribution is 0.485. The molecule has 0 atom stereocenters. The summed E-state index contributed by atoms with van der Waals surface area (Å²) in [6.45, 7) is 4.24. The van der Waals surface area contributed by atoms with Gasteiger partial charge in [-0.25, -0.2) is 0 Å². The molecule has 0 spiro atoms. The largest absolute Gasteiger partial charge is 0.360 e.